The molecule has 0 fully saturated rings. The molecule has 0 rings (SSSR count). The summed E-state index contributed by atoms with van der Waals surface area (Å²) < 4.78 is 24.8. The lowest BCUT2D eigenvalue weighted by molar-refractivity contribution is -0.104. The number of methoxy groups -OCH3 is 2. The average Bonchev–Trinajstić information content (AvgIpc) is 2.75. The van der Waals surface area contributed by atoms with Crippen LogP contribution in [0, 0.1) is 11.8 Å². The molecular weight excluding hydrogens is 379 g/mol. The van der Waals surface area contributed by atoms with E-state index in [-0.39, 0.29) is 18.1 Å². The van der Waals surface area contributed by atoms with Crippen molar-refractivity contribution in [3.05, 3.63) is 97.2 Å². The summed E-state index contributed by atoms with van der Waals surface area (Å²) in [6.07, 6.45) is 10.2. The van der Waals surface area contributed by atoms with Crippen LogP contribution in [0.25, 0.3) is 0 Å². The first-order valence-electron chi connectivity index (χ1n) is 9.71. The second kappa shape index (κ2) is 17.2. The lowest BCUT2D eigenvalue weighted by atomic mass is 9.95. The number of carbonyl (C=O) groups excluding carboxylic acids is 1. The largest absolute Gasteiger partial charge is 0.497 e. The highest BCUT2D eigenvalue weighted by atomic mass is 19.1. The van der Waals surface area contributed by atoms with E-state index in [1.807, 2.05) is 6.92 Å². The van der Waals surface area contributed by atoms with Crippen LogP contribution < -0.4 is 0 Å². The van der Waals surface area contributed by atoms with Crippen LogP contribution in [0.3, 0.4) is 0 Å². The zero-order chi connectivity index (χ0) is 23.7. The minimum Gasteiger partial charge on any atom is -0.497 e. The van der Waals surface area contributed by atoms with Gasteiger partial charge in [-0.3, -0.25) is 4.79 Å². The molecule has 0 aromatic rings. The first-order valence-corrected chi connectivity index (χ1v) is 9.71. The summed E-state index contributed by atoms with van der Waals surface area (Å²) in [5.41, 5.74) is 1.96. The van der Waals surface area contributed by atoms with Crippen LogP contribution in [-0.4, -0.2) is 27.1 Å². The molecule has 2 atom stereocenters. The molecule has 0 amide bonds. The fourth-order valence-electron chi connectivity index (χ4n) is 1.96. The fraction of sp³-hybridized carbons (Fsp3) is 0.346. The van der Waals surface area contributed by atoms with Crippen molar-refractivity contribution >= 4 is 6.29 Å². The molecule has 0 saturated carbocycles. The summed E-state index contributed by atoms with van der Waals surface area (Å²) in [4.78, 5) is 9.06. The van der Waals surface area contributed by atoms with Crippen LogP contribution in [0.15, 0.2) is 97.2 Å². The topological polar surface area (TPSA) is 35.5 Å². The molecule has 0 aromatic heterocycles. The molecule has 0 aromatic carbocycles. The molecule has 0 aliphatic rings. The highest BCUT2D eigenvalue weighted by Gasteiger charge is 2.13. The van der Waals surface area contributed by atoms with Crippen molar-refractivity contribution < 1.29 is 18.7 Å². The molecule has 0 aliphatic carbocycles. The highest BCUT2D eigenvalue weighted by Crippen LogP contribution is 2.27. The van der Waals surface area contributed by atoms with Gasteiger partial charge in [-0.15, -0.1) is 0 Å². The molecule has 4 heteroatoms. The fourth-order valence-corrected chi connectivity index (χ4v) is 1.96. The summed E-state index contributed by atoms with van der Waals surface area (Å²) in [5.74, 6) is 0.500. The van der Waals surface area contributed by atoms with Gasteiger partial charge in [-0.05, 0) is 46.8 Å². The molecule has 0 spiro atoms. The molecule has 30 heavy (non-hydrogen) atoms. The Labute approximate surface area is 182 Å². The van der Waals surface area contributed by atoms with E-state index in [1.54, 1.807) is 13.2 Å². The third-order valence-electron chi connectivity index (χ3n) is 4.30. The Kier molecular flexibility index (Phi) is 16.9. The maximum atomic E-state index is 14.6. The van der Waals surface area contributed by atoms with Gasteiger partial charge in [-0.1, -0.05) is 72.2 Å². The molecule has 0 heterocycles. The van der Waals surface area contributed by atoms with Crippen LogP contribution >= 0.6 is 0 Å². The van der Waals surface area contributed by atoms with Gasteiger partial charge in [0, 0.05) is 12.7 Å². The highest BCUT2D eigenvalue weighted by molar-refractivity contribution is 5.63. The smallest absolute Gasteiger partial charge is 0.142 e. The lowest BCUT2D eigenvalue weighted by Crippen LogP contribution is -2.02. The zero-order valence-corrected chi connectivity index (χ0v) is 19.2. The van der Waals surface area contributed by atoms with Crippen molar-refractivity contribution in [2.45, 2.75) is 27.2 Å². The summed E-state index contributed by atoms with van der Waals surface area (Å²) in [5, 5.41) is 0. The molecule has 0 saturated heterocycles. The van der Waals surface area contributed by atoms with Crippen LogP contribution in [0.2, 0.25) is 0 Å². The first kappa shape index (κ1) is 29.5. The number of ether oxygens (including phenoxy) is 2. The second-order valence-corrected chi connectivity index (χ2v) is 6.73. The van der Waals surface area contributed by atoms with Crippen LogP contribution in [0.1, 0.15) is 27.2 Å². The third-order valence-corrected chi connectivity index (χ3v) is 4.30. The second-order valence-electron chi connectivity index (χ2n) is 6.73. The summed E-state index contributed by atoms with van der Waals surface area (Å²) >= 11 is 0. The van der Waals surface area contributed by atoms with Crippen molar-refractivity contribution in [1.82, 2.24) is 0 Å². The van der Waals surface area contributed by atoms with Crippen molar-refractivity contribution in [2.24, 2.45) is 11.8 Å². The summed E-state index contributed by atoms with van der Waals surface area (Å²) in [6, 6.07) is 0. The third kappa shape index (κ3) is 12.7. The van der Waals surface area contributed by atoms with Gasteiger partial charge in [0.2, 0.25) is 0 Å². The molecule has 0 radical (unpaired) electrons. The normalized spacial score (nSPS) is 13.5. The SMILES string of the molecule is C=C(/C=C(/COC)C(=C)C(=C)/C(F)=C\C(=C)C(C)/C=C\C(C)CC)OC.C=CC=O. The Morgan fingerprint density at radius 1 is 1.03 bits per heavy atom. The number of rotatable bonds is 13. The number of aldehydes is 1. The zero-order valence-electron chi connectivity index (χ0n) is 19.2. The van der Waals surface area contributed by atoms with E-state index in [2.05, 4.69) is 58.9 Å². The molecule has 0 bridgehead atoms. The van der Waals surface area contributed by atoms with Crippen molar-refractivity contribution in [3.8, 4) is 0 Å². The van der Waals surface area contributed by atoms with E-state index in [0.717, 1.165) is 6.42 Å². The van der Waals surface area contributed by atoms with Gasteiger partial charge in [0.05, 0.1) is 13.7 Å². The Morgan fingerprint density at radius 3 is 2.03 bits per heavy atom. The summed E-state index contributed by atoms with van der Waals surface area (Å²) in [6.45, 7) is 25.1. The van der Waals surface area contributed by atoms with Crippen LogP contribution in [0.4, 0.5) is 4.39 Å². The van der Waals surface area contributed by atoms with Gasteiger partial charge in [0.1, 0.15) is 17.9 Å². The minimum absolute atomic E-state index is 0.0399. The van der Waals surface area contributed by atoms with Crippen LogP contribution in [-0.2, 0) is 14.3 Å². The number of hydrogen-bond acceptors (Lipinski definition) is 3. The molecular formula is C26H37FO3. The van der Waals surface area contributed by atoms with E-state index >= 15 is 0 Å². The monoisotopic (exact) mass is 416 g/mol. The van der Waals surface area contributed by atoms with E-state index in [0.29, 0.717) is 34.7 Å². The van der Waals surface area contributed by atoms with E-state index in [1.165, 1.54) is 19.3 Å². The average molecular weight is 417 g/mol. The Balaban J connectivity index is 0. The molecule has 166 valence electrons. The number of halogens is 1. The Hall–Kier alpha value is -2.72. The summed E-state index contributed by atoms with van der Waals surface area (Å²) in [7, 11) is 3.07. The van der Waals surface area contributed by atoms with E-state index in [4.69, 9.17) is 14.3 Å². The lowest BCUT2D eigenvalue weighted by Gasteiger charge is -2.14. The van der Waals surface area contributed by atoms with E-state index < -0.39 is 5.83 Å². The molecule has 0 N–H and O–H groups in total. The first-order chi connectivity index (χ1) is 14.1. The maximum absolute atomic E-state index is 14.6. The van der Waals surface area contributed by atoms with Gasteiger partial charge in [0.25, 0.3) is 0 Å². The van der Waals surface area contributed by atoms with Gasteiger partial charge < -0.3 is 9.47 Å². The Morgan fingerprint density at radius 2 is 1.60 bits per heavy atom. The molecule has 2 unspecified atom stereocenters. The number of carbonyl (C=O) groups is 1. The Bertz CT molecular complexity index is 702. The quantitative estimate of drug-likeness (QED) is 0.108. The van der Waals surface area contributed by atoms with Crippen LogP contribution in [0.5, 0.6) is 0 Å². The molecule has 0 aliphatic heterocycles. The standard InChI is InChI=1S/C23H33FO2.C3H4O/c1-10-16(2)11-12-17(3)18(4)13-23(24)21(7)20(6)22(15-25-8)14-19(5)26-9;1-2-3-4/h11-14,16-17H,4-7,10,15H2,1-3,8-9H3;2-3H,1H2/b12-11-,22-14-,23-13+;. The van der Waals surface area contributed by atoms with Crippen molar-refractivity contribution in [1.29, 1.82) is 0 Å². The predicted octanol–water partition coefficient (Wildman–Crippen LogP) is 6.85. The van der Waals surface area contributed by atoms with Crippen molar-refractivity contribution in [2.75, 3.05) is 20.8 Å². The van der Waals surface area contributed by atoms with Gasteiger partial charge in [0.15, 0.2) is 0 Å². The predicted molar refractivity (Wildman–Crippen MR) is 127 cm³/mol. The number of allylic oxidation sites excluding steroid dienone is 8. The van der Waals surface area contributed by atoms with Gasteiger partial charge >= 0.3 is 0 Å². The molecule has 3 nitrogen and oxygen atoms in total. The van der Waals surface area contributed by atoms with Gasteiger partial charge in [-0.2, -0.15) is 0 Å². The van der Waals surface area contributed by atoms with E-state index in [9.17, 15) is 4.39 Å². The maximum Gasteiger partial charge on any atom is 0.142 e. The minimum atomic E-state index is -0.464. The van der Waals surface area contributed by atoms with Gasteiger partial charge in [-0.25, -0.2) is 4.39 Å². The number of hydrogen-bond donors (Lipinski definition) is 0. The van der Waals surface area contributed by atoms with Crippen molar-refractivity contribution in [3.63, 3.8) is 0 Å².